The van der Waals surface area contributed by atoms with Gasteiger partial charge in [0, 0.05) is 25.7 Å². The minimum atomic E-state index is -3.27. The summed E-state index contributed by atoms with van der Waals surface area (Å²) in [6.07, 6.45) is 3.79. The van der Waals surface area contributed by atoms with Gasteiger partial charge < -0.3 is 10.2 Å². The van der Waals surface area contributed by atoms with E-state index in [1.807, 2.05) is 0 Å². The highest BCUT2D eigenvalue weighted by Crippen LogP contribution is 2.18. The molecule has 9 heteroatoms. The molecule has 0 radical (unpaired) electrons. The quantitative estimate of drug-likeness (QED) is 0.556. The molecule has 21 heavy (non-hydrogen) atoms. The lowest BCUT2D eigenvalue weighted by molar-refractivity contribution is -0.138. The summed E-state index contributed by atoms with van der Waals surface area (Å²) < 4.78 is 24.9. The summed E-state index contributed by atoms with van der Waals surface area (Å²) in [6.45, 7) is 1.28. The third-order valence-corrected chi connectivity index (χ3v) is 4.49. The van der Waals surface area contributed by atoms with Crippen LogP contribution in [0.25, 0.3) is 0 Å². The zero-order valence-electron chi connectivity index (χ0n) is 12.1. The minimum absolute atomic E-state index is 0.0741. The van der Waals surface area contributed by atoms with E-state index in [0.717, 1.165) is 25.5 Å². The van der Waals surface area contributed by atoms with Crippen LogP contribution in [0.15, 0.2) is 0 Å². The predicted octanol–water partition coefficient (Wildman–Crippen LogP) is -2.00. The van der Waals surface area contributed by atoms with Crippen LogP contribution in [0, 0.1) is 0 Å². The molecule has 0 aromatic heterocycles. The number of carbonyl (C=O) groups is 2. The Morgan fingerprint density at radius 1 is 1.43 bits per heavy atom. The fourth-order valence-corrected chi connectivity index (χ4v) is 3.19. The van der Waals surface area contributed by atoms with Crippen molar-refractivity contribution < 1.29 is 18.0 Å². The van der Waals surface area contributed by atoms with Crippen molar-refractivity contribution in [3.8, 4) is 0 Å². The maximum absolute atomic E-state index is 12.5. The summed E-state index contributed by atoms with van der Waals surface area (Å²) in [5, 5.41) is 5.58. The molecule has 0 bridgehead atoms. The van der Waals surface area contributed by atoms with E-state index in [4.69, 9.17) is 0 Å². The van der Waals surface area contributed by atoms with E-state index in [1.54, 1.807) is 4.90 Å². The number of nitrogens with zero attached hydrogens (tertiary/aromatic N) is 1. The molecule has 0 aromatic carbocycles. The van der Waals surface area contributed by atoms with Gasteiger partial charge in [0.25, 0.3) is 0 Å². The van der Waals surface area contributed by atoms with Crippen molar-refractivity contribution in [2.75, 3.05) is 32.4 Å². The van der Waals surface area contributed by atoms with Gasteiger partial charge >= 0.3 is 0 Å². The van der Waals surface area contributed by atoms with Crippen molar-refractivity contribution in [2.24, 2.45) is 0 Å². The summed E-state index contributed by atoms with van der Waals surface area (Å²) in [6, 6.07) is -0.554. The van der Waals surface area contributed by atoms with E-state index in [9.17, 15) is 18.0 Å². The third kappa shape index (κ3) is 4.65. The van der Waals surface area contributed by atoms with Crippen molar-refractivity contribution in [3.05, 3.63) is 0 Å². The molecule has 8 nitrogen and oxygen atoms in total. The van der Waals surface area contributed by atoms with Crippen molar-refractivity contribution in [2.45, 2.75) is 31.3 Å². The van der Waals surface area contributed by atoms with E-state index in [2.05, 4.69) is 15.4 Å². The third-order valence-electron chi connectivity index (χ3n) is 3.80. The molecule has 2 unspecified atom stereocenters. The highest BCUT2D eigenvalue weighted by Gasteiger charge is 2.33. The first-order valence-electron chi connectivity index (χ1n) is 7.12. The Hall–Kier alpha value is -1.19. The number of carbonyl (C=O) groups excluding carboxylic acids is 2. The zero-order valence-corrected chi connectivity index (χ0v) is 12.9. The molecular weight excluding hydrogens is 296 g/mol. The van der Waals surface area contributed by atoms with Gasteiger partial charge in [-0.2, -0.15) is 0 Å². The van der Waals surface area contributed by atoms with Crippen LogP contribution >= 0.6 is 0 Å². The van der Waals surface area contributed by atoms with Gasteiger partial charge in [0.05, 0.1) is 12.8 Å². The molecule has 0 aliphatic carbocycles. The number of piperazine rings is 1. The molecule has 2 rings (SSSR count). The summed E-state index contributed by atoms with van der Waals surface area (Å²) >= 11 is 0. The fraction of sp³-hybridized carbons (Fsp3) is 0.833. The highest BCUT2D eigenvalue weighted by atomic mass is 32.2. The second kappa shape index (κ2) is 6.71. The average Bonchev–Trinajstić information content (AvgIpc) is 2.45. The van der Waals surface area contributed by atoms with Crippen LogP contribution in [0.2, 0.25) is 0 Å². The Morgan fingerprint density at radius 3 is 2.81 bits per heavy atom. The van der Waals surface area contributed by atoms with Crippen molar-refractivity contribution in [1.82, 2.24) is 20.3 Å². The maximum Gasteiger partial charge on any atom is 0.241 e. The minimum Gasteiger partial charge on any atom is -0.353 e. The molecule has 0 spiro atoms. The topological polar surface area (TPSA) is 108 Å². The van der Waals surface area contributed by atoms with Gasteiger partial charge in [-0.1, -0.05) is 0 Å². The number of amides is 2. The molecule has 120 valence electrons. The van der Waals surface area contributed by atoms with E-state index < -0.39 is 16.1 Å². The van der Waals surface area contributed by atoms with Gasteiger partial charge in [0.2, 0.25) is 21.8 Å². The van der Waals surface area contributed by atoms with Gasteiger partial charge in [0.15, 0.2) is 0 Å². The molecule has 2 saturated heterocycles. The molecule has 0 aromatic rings. The molecule has 2 fully saturated rings. The first-order valence-corrected chi connectivity index (χ1v) is 9.01. The molecule has 2 amide bonds. The van der Waals surface area contributed by atoms with Crippen molar-refractivity contribution in [3.63, 3.8) is 0 Å². The maximum atomic E-state index is 12.5. The first-order chi connectivity index (χ1) is 9.87. The summed E-state index contributed by atoms with van der Waals surface area (Å²) in [4.78, 5) is 25.4. The van der Waals surface area contributed by atoms with Crippen LogP contribution in [0.1, 0.15) is 19.3 Å². The number of sulfonamides is 1. The Kier molecular flexibility index (Phi) is 5.17. The molecular formula is C12H22N4O4S. The number of rotatable bonds is 4. The predicted molar refractivity (Wildman–Crippen MR) is 77.0 cm³/mol. The van der Waals surface area contributed by atoms with Crippen LogP contribution in [0.4, 0.5) is 0 Å². The molecule has 2 atom stereocenters. The summed E-state index contributed by atoms with van der Waals surface area (Å²) in [5.41, 5.74) is 0. The fourth-order valence-electron chi connectivity index (χ4n) is 2.69. The molecule has 2 heterocycles. The zero-order chi connectivity index (χ0) is 15.5. The van der Waals surface area contributed by atoms with Crippen LogP contribution in [-0.2, 0) is 19.6 Å². The van der Waals surface area contributed by atoms with Gasteiger partial charge in [-0.25, -0.2) is 13.1 Å². The van der Waals surface area contributed by atoms with Gasteiger partial charge in [-0.05, 0) is 19.3 Å². The second-order valence-electron chi connectivity index (χ2n) is 5.54. The highest BCUT2D eigenvalue weighted by molar-refractivity contribution is 7.88. The normalized spacial score (nSPS) is 27.3. The molecule has 2 aliphatic rings. The first kappa shape index (κ1) is 16.2. The SMILES string of the molecule is CS(=O)(=O)NCC1CCCCN1C(=O)C1CNC(=O)CN1. The average molecular weight is 318 g/mol. The van der Waals surface area contributed by atoms with Crippen LogP contribution in [0.3, 0.4) is 0 Å². The molecule has 3 N–H and O–H groups in total. The number of piperidine rings is 1. The standard InChI is InChI=1S/C12H22N4O4S/c1-21(19,20)15-6-9-4-2-3-5-16(9)12(18)10-7-14-11(17)8-13-10/h9-10,13,15H,2-8H2,1H3,(H,14,17). The Morgan fingerprint density at radius 2 is 2.19 bits per heavy atom. The van der Waals surface area contributed by atoms with Crippen LogP contribution < -0.4 is 15.4 Å². The smallest absolute Gasteiger partial charge is 0.241 e. The van der Waals surface area contributed by atoms with E-state index in [1.165, 1.54) is 0 Å². The number of hydrogen-bond donors (Lipinski definition) is 3. The van der Waals surface area contributed by atoms with E-state index in [0.29, 0.717) is 6.54 Å². The molecule has 0 saturated carbocycles. The Labute approximate surface area is 124 Å². The Balaban J connectivity index is 1.97. The van der Waals surface area contributed by atoms with Crippen LogP contribution in [-0.4, -0.2) is 69.7 Å². The van der Waals surface area contributed by atoms with Gasteiger partial charge in [-0.15, -0.1) is 0 Å². The lowest BCUT2D eigenvalue weighted by atomic mass is 10.0. The monoisotopic (exact) mass is 318 g/mol. The summed E-state index contributed by atoms with van der Waals surface area (Å²) in [5.74, 6) is -0.192. The second-order valence-corrected chi connectivity index (χ2v) is 7.37. The molecule has 2 aliphatic heterocycles. The van der Waals surface area contributed by atoms with Gasteiger partial charge in [0.1, 0.15) is 6.04 Å². The van der Waals surface area contributed by atoms with Gasteiger partial charge in [-0.3, -0.25) is 14.9 Å². The van der Waals surface area contributed by atoms with Crippen molar-refractivity contribution in [1.29, 1.82) is 0 Å². The van der Waals surface area contributed by atoms with Crippen molar-refractivity contribution >= 4 is 21.8 Å². The van der Waals surface area contributed by atoms with Crippen LogP contribution in [0.5, 0.6) is 0 Å². The lowest BCUT2D eigenvalue weighted by Crippen LogP contribution is -2.61. The van der Waals surface area contributed by atoms with E-state index >= 15 is 0 Å². The Bertz CT molecular complexity index is 497. The number of hydrogen-bond acceptors (Lipinski definition) is 5. The summed E-state index contributed by atoms with van der Waals surface area (Å²) in [7, 11) is -3.27. The lowest BCUT2D eigenvalue weighted by Gasteiger charge is -2.38. The number of likely N-dealkylation sites (tertiary alicyclic amines) is 1. The number of nitrogens with one attached hydrogen (secondary N) is 3. The van der Waals surface area contributed by atoms with E-state index in [-0.39, 0.29) is 37.5 Å². The largest absolute Gasteiger partial charge is 0.353 e.